The molecule has 0 aliphatic carbocycles. The summed E-state index contributed by atoms with van der Waals surface area (Å²) < 4.78 is 19.4. The van der Waals surface area contributed by atoms with Gasteiger partial charge in [-0.1, -0.05) is 48.5 Å². The predicted octanol–water partition coefficient (Wildman–Crippen LogP) is 4.88. The van der Waals surface area contributed by atoms with Gasteiger partial charge in [0.2, 0.25) is 5.91 Å². The van der Waals surface area contributed by atoms with E-state index >= 15 is 0 Å². The minimum absolute atomic E-state index is 0.0844. The fourth-order valence-electron chi connectivity index (χ4n) is 3.07. The van der Waals surface area contributed by atoms with Crippen LogP contribution in [0.1, 0.15) is 17.9 Å². The van der Waals surface area contributed by atoms with Crippen LogP contribution in [-0.2, 0) is 17.8 Å². The van der Waals surface area contributed by atoms with E-state index in [0.29, 0.717) is 30.2 Å². The van der Waals surface area contributed by atoms with Crippen molar-refractivity contribution < 1.29 is 13.6 Å². The number of aryl methyl sites for hydroxylation is 1. The second kappa shape index (κ2) is 8.05. The number of carbonyl (C=O) groups excluding carboxylic acids is 1. The molecule has 1 aromatic heterocycles. The van der Waals surface area contributed by atoms with Gasteiger partial charge in [0.15, 0.2) is 11.7 Å². The quantitative estimate of drug-likeness (QED) is 0.523. The summed E-state index contributed by atoms with van der Waals surface area (Å²) in [5.74, 6) is 0.334. The van der Waals surface area contributed by atoms with E-state index < -0.39 is 0 Å². The molecule has 0 aliphatic heterocycles. The largest absolute Gasteiger partial charge is 0.441 e. The lowest BCUT2D eigenvalue weighted by atomic mass is 10.1. The van der Waals surface area contributed by atoms with Crippen LogP contribution in [-0.4, -0.2) is 10.9 Å². The van der Waals surface area contributed by atoms with Crippen molar-refractivity contribution in [1.82, 2.24) is 10.3 Å². The Morgan fingerprint density at radius 1 is 1.00 bits per heavy atom. The molecule has 4 rings (SSSR count). The van der Waals surface area contributed by atoms with Crippen LogP contribution in [0.25, 0.3) is 22.1 Å². The highest BCUT2D eigenvalue weighted by atomic mass is 19.1. The maximum atomic E-state index is 13.8. The Hall–Kier alpha value is -3.47. The van der Waals surface area contributed by atoms with E-state index in [4.69, 9.17) is 4.42 Å². The summed E-state index contributed by atoms with van der Waals surface area (Å²) in [4.78, 5) is 16.3. The number of oxazole rings is 1. The van der Waals surface area contributed by atoms with Crippen LogP contribution in [0.4, 0.5) is 4.39 Å². The first-order valence-corrected chi connectivity index (χ1v) is 9.13. The zero-order valence-electron chi connectivity index (χ0n) is 15.2. The molecule has 4 nitrogen and oxygen atoms in total. The molecule has 0 bridgehead atoms. The molecule has 0 fully saturated rings. The van der Waals surface area contributed by atoms with Crippen LogP contribution in [0, 0.1) is 5.82 Å². The summed E-state index contributed by atoms with van der Waals surface area (Å²) in [7, 11) is 0. The van der Waals surface area contributed by atoms with Gasteiger partial charge in [-0.15, -0.1) is 0 Å². The minimum atomic E-state index is -0.363. The number of nitrogens with one attached hydrogen (secondary N) is 1. The lowest BCUT2D eigenvalue weighted by molar-refractivity contribution is -0.121. The van der Waals surface area contributed by atoms with Crippen molar-refractivity contribution in [3.63, 3.8) is 0 Å². The maximum absolute atomic E-state index is 13.8. The molecular formula is C23H19FN2O2. The topological polar surface area (TPSA) is 55.1 Å². The molecular weight excluding hydrogens is 355 g/mol. The van der Waals surface area contributed by atoms with Crippen molar-refractivity contribution >= 4 is 16.7 Å². The molecule has 1 N–H and O–H groups in total. The molecule has 0 spiro atoms. The van der Waals surface area contributed by atoms with Crippen molar-refractivity contribution in [2.24, 2.45) is 0 Å². The normalized spacial score (nSPS) is 10.9. The van der Waals surface area contributed by atoms with Gasteiger partial charge in [0, 0.05) is 19.4 Å². The Labute approximate surface area is 162 Å². The van der Waals surface area contributed by atoms with E-state index in [0.717, 1.165) is 10.9 Å². The zero-order valence-corrected chi connectivity index (χ0v) is 15.2. The molecule has 4 aromatic rings. The van der Waals surface area contributed by atoms with Gasteiger partial charge in [-0.25, -0.2) is 9.37 Å². The molecule has 5 heteroatoms. The van der Waals surface area contributed by atoms with Crippen molar-refractivity contribution in [2.45, 2.75) is 19.4 Å². The molecule has 0 radical (unpaired) electrons. The summed E-state index contributed by atoms with van der Waals surface area (Å²) in [6, 6.07) is 20.6. The van der Waals surface area contributed by atoms with Crippen molar-refractivity contribution in [2.75, 3.05) is 0 Å². The van der Waals surface area contributed by atoms with Gasteiger partial charge in [-0.2, -0.15) is 0 Å². The summed E-state index contributed by atoms with van der Waals surface area (Å²) in [5.41, 5.74) is 1.41. The van der Waals surface area contributed by atoms with Crippen molar-refractivity contribution in [3.8, 4) is 11.3 Å². The first-order chi connectivity index (χ1) is 13.7. The number of carbonyl (C=O) groups is 1. The lowest BCUT2D eigenvalue weighted by Gasteiger charge is -2.06. The number of nitrogens with zero attached hydrogens (tertiary/aromatic N) is 1. The fourth-order valence-corrected chi connectivity index (χ4v) is 3.07. The maximum Gasteiger partial charge on any atom is 0.220 e. The average Bonchev–Trinajstić information content (AvgIpc) is 3.19. The highest BCUT2D eigenvalue weighted by Crippen LogP contribution is 2.23. The van der Waals surface area contributed by atoms with E-state index in [1.807, 2.05) is 24.3 Å². The molecule has 140 valence electrons. The summed E-state index contributed by atoms with van der Waals surface area (Å²) in [6.45, 7) is 0.468. The van der Waals surface area contributed by atoms with Gasteiger partial charge in [0.1, 0.15) is 5.82 Å². The molecule has 28 heavy (non-hydrogen) atoms. The second-order valence-electron chi connectivity index (χ2n) is 6.56. The fraction of sp³-hybridized carbons (Fsp3) is 0.130. The smallest absolute Gasteiger partial charge is 0.220 e. The third-order valence-electron chi connectivity index (χ3n) is 4.56. The highest BCUT2D eigenvalue weighted by Gasteiger charge is 2.11. The standard InChI is InChI=1S/C23H19FN2O2/c24-20-8-4-3-7-19(20)21-15-26-23(28-21)12-11-22(27)25-14-16-9-10-17-5-1-2-6-18(17)13-16/h1-10,13,15H,11-12,14H2,(H,25,27). The lowest BCUT2D eigenvalue weighted by Crippen LogP contribution is -2.23. The zero-order chi connectivity index (χ0) is 19.3. The van der Waals surface area contributed by atoms with Crippen LogP contribution in [0.15, 0.2) is 77.3 Å². The van der Waals surface area contributed by atoms with Crippen LogP contribution in [0.5, 0.6) is 0 Å². The van der Waals surface area contributed by atoms with E-state index in [-0.39, 0.29) is 18.1 Å². The van der Waals surface area contributed by atoms with Gasteiger partial charge in [0.25, 0.3) is 0 Å². The van der Waals surface area contributed by atoms with Gasteiger partial charge < -0.3 is 9.73 Å². The highest BCUT2D eigenvalue weighted by molar-refractivity contribution is 5.83. The Morgan fingerprint density at radius 2 is 1.79 bits per heavy atom. The number of amides is 1. The third kappa shape index (κ3) is 4.09. The molecule has 0 unspecified atom stereocenters. The molecule has 3 aromatic carbocycles. The minimum Gasteiger partial charge on any atom is -0.441 e. The van der Waals surface area contributed by atoms with Gasteiger partial charge >= 0.3 is 0 Å². The van der Waals surface area contributed by atoms with Gasteiger partial charge in [-0.3, -0.25) is 4.79 Å². The molecule has 0 atom stereocenters. The van der Waals surface area contributed by atoms with Crippen molar-refractivity contribution in [3.05, 3.63) is 90.2 Å². The SMILES string of the molecule is O=C(CCc1ncc(-c2ccccc2F)o1)NCc1ccc2ccccc2c1. The Bertz CT molecular complexity index is 1120. The van der Waals surface area contributed by atoms with Crippen LogP contribution >= 0.6 is 0 Å². The Kier molecular flexibility index (Phi) is 5.15. The predicted molar refractivity (Wildman–Crippen MR) is 106 cm³/mol. The summed E-state index contributed by atoms with van der Waals surface area (Å²) in [5, 5.41) is 5.23. The number of aromatic nitrogens is 1. The molecule has 0 aliphatic rings. The molecule has 1 heterocycles. The average molecular weight is 374 g/mol. The van der Waals surface area contributed by atoms with Crippen LogP contribution in [0.3, 0.4) is 0 Å². The first-order valence-electron chi connectivity index (χ1n) is 9.13. The second-order valence-corrected chi connectivity index (χ2v) is 6.56. The van der Waals surface area contributed by atoms with Gasteiger partial charge in [-0.05, 0) is 34.5 Å². The van der Waals surface area contributed by atoms with E-state index in [9.17, 15) is 9.18 Å². The third-order valence-corrected chi connectivity index (χ3v) is 4.56. The first kappa shape index (κ1) is 17.9. The molecule has 0 saturated carbocycles. The number of halogens is 1. The number of benzene rings is 3. The van der Waals surface area contributed by atoms with Crippen LogP contribution in [0.2, 0.25) is 0 Å². The number of rotatable bonds is 6. The monoisotopic (exact) mass is 374 g/mol. The van der Waals surface area contributed by atoms with Crippen molar-refractivity contribution in [1.29, 1.82) is 0 Å². The summed E-state index contributed by atoms with van der Waals surface area (Å²) in [6.07, 6.45) is 2.10. The number of hydrogen-bond acceptors (Lipinski definition) is 3. The summed E-state index contributed by atoms with van der Waals surface area (Å²) >= 11 is 0. The van der Waals surface area contributed by atoms with Crippen LogP contribution < -0.4 is 5.32 Å². The number of hydrogen-bond donors (Lipinski definition) is 1. The Balaban J connectivity index is 1.31. The molecule has 0 saturated heterocycles. The van der Waals surface area contributed by atoms with E-state index in [1.165, 1.54) is 17.6 Å². The Morgan fingerprint density at radius 3 is 2.64 bits per heavy atom. The number of fused-ring (bicyclic) bond motifs is 1. The van der Waals surface area contributed by atoms with Gasteiger partial charge in [0.05, 0.1) is 11.8 Å². The molecule has 1 amide bonds. The van der Waals surface area contributed by atoms with E-state index in [2.05, 4.69) is 28.5 Å². The van der Waals surface area contributed by atoms with E-state index in [1.54, 1.807) is 18.2 Å².